The van der Waals surface area contributed by atoms with E-state index < -0.39 is 0 Å². The number of hydrogen-bond acceptors (Lipinski definition) is 5. The van der Waals surface area contributed by atoms with E-state index in [1.807, 2.05) is 6.92 Å². The van der Waals surface area contributed by atoms with E-state index in [1.165, 1.54) is 0 Å². The van der Waals surface area contributed by atoms with Crippen molar-refractivity contribution < 1.29 is 24.1 Å². The summed E-state index contributed by atoms with van der Waals surface area (Å²) in [6.07, 6.45) is 0. The standard InChI is InChI=1S/C14H22N2O5/c1-2-20-12-3-5-13(6-4-12)21-11-16-14(18)15-7-9-19-10-8-17/h3-6,17H,2,7-11H2,1H3,(H2,15,16,18). The monoisotopic (exact) mass is 298 g/mol. The summed E-state index contributed by atoms with van der Waals surface area (Å²) in [6, 6.07) is 6.81. The molecule has 2 amide bonds. The van der Waals surface area contributed by atoms with Crippen molar-refractivity contribution >= 4 is 6.03 Å². The van der Waals surface area contributed by atoms with Crippen LogP contribution in [0, 0.1) is 0 Å². The number of hydrogen-bond donors (Lipinski definition) is 3. The van der Waals surface area contributed by atoms with Crippen LogP contribution in [0.15, 0.2) is 24.3 Å². The number of amides is 2. The van der Waals surface area contributed by atoms with Gasteiger partial charge in [-0.25, -0.2) is 4.79 Å². The lowest BCUT2D eigenvalue weighted by atomic mass is 10.3. The summed E-state index contributed by atoms with van der Waals surface area (Å²) in [6.45, 7) is 3.57. The van der Waals surface area contributed by atoms with Crippen LogP contribution in [-0.4, -0.2) is 50.8 Å². The summed E-state index contributed by atoms with van der Waals surface area (Å²) in [7, 11) is 0. The molecule has 0 saturated carbocycles. The molecule has 0 radical (unpaired) electrons. The molecule has 1 rings (SSSR count). The SMILES string of the molecule is CCOc1ccc(OCNC(=O)NCCOCCO)cc1. The first-order valence-corrected chi connectivity index (χ1v) is 6.82. The average molecular weight is 298 g/mol. The highest BCUT2D eigenvalue weighted by Gasteiger charge is 2.00. The number of carbonyl (C=O) groups excluding carboxylic acids is 1. The van der Waals surface area contributed by atoms with Gasteiger partial charge in [0.2, 0.25) is 0 Å². The number of aliphatic hydroxyl groups excluding tert-OH is 1. The molecule has 1 aromatic carbocycles. The first-order chi connectivity index (χ1) is 10.3. The topological polar surface area (TPSA) is 89.1 Å². The summed E-state index contributed by atoms with van der Waals surface area (Å²) >= 11 is 0. The van der Waals surface area contributed by atoms with Crippen molar-refractivity contribution in [3.05, 3.63) is 24.3 Å². The van der Waals surface area contributed by atoms with Gasteiger partial charge in [-0.1, -0.05) is 0 Å². The smallest absolute Gasteiger partial charge is 0.317 e. The van der Waals surface area contributed by atoms with Gasteiger partial charge in [0.15, 0.2) is 6.73 Å². The fraction of sp³-hybridized carbons (Fsp3) is 0.500. The second-order valence-corrected chi connectivity index (χ2v) is 3.96. The number of aliphatic hydroxyl groups is 1. The van der Waals surface area contributed by atoms with Gasteiger partial charge in [-0.3, -0.25) is 0 Å². The maximum atomic E-state index is 11.4. The van der Waals surface area contributed by atoms with Crippen LogP contribution in [0.4, 0.5) is 4.79 Å². The van der Waals surface area contributed by atoms with Gasteiger partial charge in [-0.2, -0.15) is 0 Å². The summed E-state index contributed by atoms with van der Waals surface area (Å²) in [5, 5.41) is 13.6. The van der Waals surface area contributed by atoms with Gasteiger partial charge in [0.1, 0.15) is 11.5 Å². The van der Waals surface area contributed by atoms with Gasteiger partial charge in [-0.05, 0) is 31.2 Å². The van der Waals surface area contributed by atoms with Crippen LogP contribution in [0.1, 0.15) is 6.92 Å². The lowest BCUT2D eigenvalue weighted by Gasteiger charge is -2.10. The number of rotatable bonds is 10. The minimum Gasteiger partial charge on any atom is -0.494 e. The van der Waals surface area contributed by atoms with Crippen LogP contribution in [-0.2, 0) is 4.74 Å². The first-order valence-electron chi connectivity index (χ1n) is 6.82. The van der Waals surface area contributed by atoms with E-state index in [9.17, 15) is 4.79 Å². The third-order valence-corrected chi connectivity index (χ3v) is 2.37. The molecule has 1 aromatic rings. The van der Waals surface area contributed by atoms with Crippen molar-refractivity contribution in [3.8, 4) is 11.5 Å². The first kappa shape index (κ1) is 17.1. The van der Waals surface area contributed by atoms with Crippen LogP contribution in [0.3, 0.4) is 0 Å². The third-order valence-electron chi connectivity index (χ3n) is 2.37. The molecule has 118 valence electrons. The van der Waals surface area contributed by atoms with Crippen LogP contribution < -0.4 is 20.1 Å². The van der Waals surface area contributed by atoms with E-state index in [4.69, 9.17) is 19.3 Å². The number of benzene rings is 1. The fourth-order valence-corrected chi connectivity index (χ4v) is 1.45. The molecule has 0 saturated heterocycles. The molecule has 0 unspecified atom stereocenters. The lowest BCUT2D eigenvalue weighted by Crippen LogP contribution is -2.39. The Morgan fingerprint density at radius 3 is 2.38 bits per heavy atom. The van der Waals surface area contributed by atoms with Gasteiger partial charge < -0.3 is 30.0 Å². The van der Waals surface area contributed by atoms with E-state index in [2.05, 4.69) is 10.6 Å². The van der Waals surface area contributed by atoms with Crippen molar-refractivity contribution in [2.75, 3.05) is 39.7 Å². The molecule has 0 heterocycles. The summed E-state index contributed by atoms with van der Waals surface area (Å²) in [4.78, 5) is 11.4. The van der Waals surface area contributed by atoms with Crippen molar-refractivity contribution in [1.29, 1.82) is 0 Å². The zero-order chi connectivity index (χ0) is 15.3. The summed E-state index contributed by atoms with van der Waals surface area (Å²) in [5.74, 6) is 1.42. The van der Waals surface area contributed by atoms with Crippen LogP contribution in [0.2, 0.25) is 0 Å². The number of carbonyl (C=O) groups is 1. The Morgan fingerprint density at radius 1 is 1.10 bits per heavy atom. The summed E-state index contributed by atoms with van der Waals surface area (Å²) in [5.41, 5.74) is 0. The molecule has 0 aliphatic heterocycles. The Kier molecular flexibility index (Phi) is 8.74. The maximum Gasteiger partial charge on any atom is 0.317 e. The zero-order valence-corrected chi connectivity index (χ0v) is 12.1. The number of nitrogens with one attached hydrogen (secondary N) is 2. The molecule has 0 fully saturated rings. The molecule has 0 aliphatic rings. The van der Waals surface area contributed by atoms with Gasteiger partial charge in [0.25, 0.3) is 0 Å². The Balaban J connectivity index is 2.10. The minimum atomic E-state index is -0.339. The quantitative estimate of drug-likeness (QED) is 0.438. The van der Waals surface area contributed by atoms with Gasteiger partial charge in [0.05, 0.1) is 26.4 Å². The molecule has 0 atom stereocenters. The van der Waals surface area contributed by atoms with Crippen molar-refractivity contribution in [2.24, 2.45) is 0 Å². The molecule has 7 nitrogen and oxygen atoms in total. The minimum absolute atomic E-state index is 0.0257. The Morgan fingerprint density at radius 2 is 1.76 bits per heavy atom. The third kappa shape index (κ3) is 8.01. The Bertz CT molecular complexity index is 397. The van der Waals surface area contributed by atoms with Crippen LogP contribution in [0.5, 0.6) is 11.5 Å². The van der Waals surface area contributed by atoms with Crippen LogP contribution >= 0.6 is 0 Å². The van der Waals surface area contributed by atoms with Gasteiger partial charge >= 0.3 is 6.03 Å². The van der Waals surface area contributed by atoms with E-state index in [0.717, 1.165) is 5.75 Å². The second-order valence-electron chi connectivity index (χ2n) is 3.96. The van der Waals surface area contributed by atoms with E-state index in [0.29, 0.717) is 25.5 Å². The molecule has 3 N–H and O–H groups in total. The lowest BCUT2D eigenvalue weighted by molar-refractivity contribution is 0.0945. The largest absolute Gasteiger partial charge is 0.494 e. The fourth-order valence-electron chi connectivity index (χ4n) is 1.45. The van der Waals surface area contributed by atoms with Crippen molar-refractivity contribution in [3.63, 3.8) is 0 Å². The molecule has 0 aliphatic carbocycles. The van der Waals surface area contributed by atoms with Gasteiger partial charge in [-0.15, -0.1) is 0 Å². The maximum absolute atomic E-state index is 11.4. The number of urea groups is 1. The van der Waals surface area contributed by atoms with E-state index in [-0.39, 0.29) is 26.0 Å². The van der Waals surface area contributed by atoms with Crippen molar-refractivity contribution in [1.82, 2.24) is 10.6 Å². The summed E-state index contributed by atoms with van der Waals surface area (Å²) < 4.78 is 15.7. The average Bonchev–Trinajstić information content (AvgIpc) is 2.49. The zero-order valence-electron chi connectivity index (χ0n) is 12.1. The molecule has 7 heteroatoms. The molecule has 0 spiro atoms. The van der Waals surface area contributed by atoms with Crippen LogP contribution in [0.25, 0.3) is 0 Å². The predicted molar refractivity (Wildman–Crippen MR) is 77.5 cm³/mol. The highest BCUT2D eigenvalue weighted by atomic mass is 16.5. The molecule has 21 heavy (non-hydrogen) atoms. The van der Waals surface area contributed by atoms with Gasteiger partial charge in [0, 0.05) is 6.54 Å². The van der Waals surface area contributed by atoms with E-state index in [1.54, 1.807) is 24.3 Å². The highest BCUT2D eigenvalue weighted by Crippen LogP contribution is 2.16. The molecule has 0 bridgehead atoms. The molecular weight excluding hydrogens is 276 g/mol. The molecular formula is C14H22N2O5. The molecule has 0 aromatic heterocycles. The van der Waals surface area contributed by atoms with E-state index >= 15 is 0 Å². The Hall–Kier alpha value is -1.99. The predicted octanol–water partition coefficient (Wildman–Crippen LogP) is 0.730. The Labute approximate surface area is 124 Å². The second kappa shape index (κ2) is 10.8. The van der Waals surface area contributed by atoms with Crippen molar-refractivity contribution in [2.45, 2.75) is 6.92 Å². The number of ether oxygens (including phenoxy) is 3. The highest BCUT2D eigenvalue weighted by molar-refractivity contribution is 5.73. The normalized spacial score (nSPS) is 10.0.